The van der Waals surface area contributed by atoms with Gasteiger partial charge < -0.3 is 9.84 Å². The largest absolute Gasteiger partial charge is 0.465 e. The van der Waals surface area contributed by atoms with Gasteiger partial charge in [0.25, 0.3) is 0 Å². The fourth-order valence-electron chi connectivity index (χ4n) is 1.09. The maximum absolute atomic E-state index is 11.1. The highest BCUT2D eigenvalue weighted by Crippen LogP contribution is 2.11. The Morgan fingerprint density at radius 2 is 2.23 bits per heavy atom. The second-order valence-electron chi connectivity index (χ2n) is 2.79. The van der Waals surface area contributed by atoms with Crippen molar-refractivity contribution >= 4 is 5.97 Å². The quantitative estimate of drug-likeness (QED) is 0.697. The third kappa shape index (κ3) is 2.06. The molecule has 0 spiro atoms. The Balaban J connectivity index is 3.06. The Labute approximate surface area is 77.0 Å². The minimum Gasteiger partial charge on any atom is -0.465 e. The standard InChI is InChI=1S/C10H12O3/c1-7-3-4-8(10(12)13-2)5-9(7)6-11/h3-5,11H,6H2,1-2H3. The monoisotopic (exact) mass is 180 g/mol. The van der Waals surface area contributed by atoms with E-state index in [0.29, 0.717) is 5.56 Å². The summed E-state index contributed by atoms with van der Waals surface area (Å²) >= 11 is 0. The summed E-state index contributed by atoms with van der Waals surface area (Å²) in [5.41, 5.74) is 2.19. The predicted molar refractivity (Wildman–Crippen MR) is 48.4 cm³/mol. The zero-order valence-electron chi connectivity index (χ0n) is 7.70. The van der Waals surface area contributed by atoms with E-state index in [4.69, 9.17) is 5.11 Å². The molecular weight excluding hydrogens is 168 g/mol. The number of aryl methyl sites for hydroxylation is 1. The molecule has 0 unspecified atom stereocenters. The zero-order chi connectivity index (χ0) is 9.84. The Morgan fingerprint density at radius 3 is 2.77 bits per heavy atom. The maximum atomic E-state index is 11.1. The second kappa shape index (κ2) is 4.05. The van der Waals surface area contributed by atoms with Crippen LogP contribution in [0, 0.1) is 6.92 Å². The van der Waals surface area contributed by atoms with Crippen molar-refractivity contribution in [2.24, 2.45) is 0 Å². The first kappa shape index (κ1) is 9.74. The number of carbonyl (C=O) groups is 1. The molecule has 0 aliphatic heterocycles. The molecule has 0 saturated carbocycles. The Kier molecular flexibility index (Phi) is 3.03. The maximum Gasteiger partial charge on any atom is 0.337 e. The van der Waals surface area contributed by atoms with Gasteiger partial charge in [-0.3, -0.25) is 0 Å². The number of hydrogen-bond acceptors (Lipinski definition) is 3. The molecule has 0 heterocycles. The van der Waals surface area contributed by atoms with Crippen LogP contribution in [0.4, 0.5) is 0 Å². The van der Waals surface area contributed by atoms with Gasteiger partial charge in [0.15, 0.2) is 0 Å². The summed E-state index contributed by atoms with van der Waals surface area (Å²) < 4.78 is 4.56. The molecule has 0 saturated heterocycles. The van der Waals surface area contributed by atoms with Crippen molar-refractivity contribution in [3.8, 4) is 0 Å². The molecule has 0 bridgehead atoms. The zero-order valence-corrected chi connectivity index (χ0v) is 7.70. The molecule has 3 nitrogen and oxygen atoms in total. The molecular formula is C10H12O3. The van der Waals surface area contributed by atoms with Gasteiger partial charge in [-0.05, 0) is 30.2 Å². The van der Waals surface area contributed by atoms with Crippen LogP contribution in [0.3, 0.4) is 0 Å². The van der Waals surface area contributed by atoms with Gasteiger partial charge in [0, 0.05) is 0 Å². The molecule has 0 aliphatic rings. The number of esters is 1. The summed E-state index contributed by atoms with van der Waals surface area (Å²) in [5, 5.41) is 8.95. The van der Waals surface area contributed by atoms with E-state index >= 15 is 0 Å². The first-order valence-corrected chi connectivity index (χ1v) is 3.97. The van der Waals surface area contributed by atoms with Crippen molar-refractivity contribution in [1.29, 1.82) is 0 Å². The molecule has 0 aliphatic carbocycles. The number of benzene rings is 1. The number of carbonyl (C=O) groups excluding carboxylic acids is 1. The van der Waals surface area contributed by atoms with Crippen LogP contribution in [0.1, 0.15) is 21.5 Å². The molecule has 1 N–H and O–H groups in total. The molecule has 1 aromatic carbocycles. The third-order valence-electron chi connectivity index (χ3n) is 1.94. The second-order valence-corrected chi connectivity index (χ2v) is 2.79. The van der Waals surface area contributed by atoms with Crippen LogP contribution < -0.4 is 0 Å². The number of ether oxygens (including phenoxy) is 1. The number of aliphatic hydroxyl groups excluding tert-OH is 1. The summed E-state index contributed by atoms with van der Waals surface area (Å²) in [4.78, 5) is 11.1. The van der Waals surface area contributed by atoms with Crippen molar-refractivity contribution in [2.75, 3.05) is 7.11 Å². The first-order chi connectivity index (χ1) is 6.19. The van der Waals surface area contributed by atoms with E-state index < -0.39 is 0 Å². The average Bonchev–Trinajstić information content (AvgIpc) is 2.17. The van der Waals surface area contributed by atoms with Gasteiger partial charge in [-0.1, -0.05) is 6.07 Å². The molecule has 1 rings (SSSR count). The van der Waals surface area contributed by atoms with Gasteiger partial charge in [0.1, 0.15) is 0 Å². The van der Waals surface area contributed by atoms with Crippen molar-refractivity contribution in [1.82, 2.24) is 0 Å². The van der Waals surface area contributed by atoms with Crippen LogP contribution >= 0.6 is 0 Å². The molecule has 0 atom stereocenters. The normalized spacial score (nSPS) is 9.77. The van der Waals surface area contributed by atoms with E-state index in [1.165, 1.54) is 7.11 Å². The van der Waals surface area contributed by atoms with Crippen molar-refractivity contribution in [3.05, 3.63) is 34.9 Å². The fraction of sp³-hybridized carbons (Fsp3) is 0.300. The summed E-state index contributed by atoms with van der Waals surface area (Å²) in [7, 11) is 1.33. The minimum absolute atomic E-state index is 0.0589. The van der Waals surface area contributed by atoms with Crippen LogP contribution in [0.25, 0.3) is 0 Å². The predicted octanol–water partition coefficient (Wildman–Crippen LogP) is 1.27. The smallest absolute Gasteiger partial charge is 0.337 e. The van der Waals surface area contributed by atoms with Crippen molar-refractivity contribution in [2.45, 2.75) is 13.5 Å². The van der Waals surface area contributed by atoms with Crippen molar-refractivity contribution in [3.63, 3.8) is 0 Å². The highest BCUT2D eigenvalue weighted by molar-refractivity contribution is 5.89. The van der Waals surface area contributed by atoms with Gasteiger partial charge in [0.05, 0.1) is 19.3 Å². The van der Waals surface area contributed by atoms with Crippen LogP contribution in [0.15, 0.2) is 18.2 Å². The highest BCUT2D eigenvalue weighted by Gasteiger charge is 2.06. The lowest BCUT2D eigenvalue weighted by Gasteiger charge is -2.04. The van der Waals surface area contributed by atoms with Gasteiger partial charge in [0.2, 0.25) is 0 Å². The van der Waals surface area contributed by atoms with E-state index in [-0.39, 0.29) is 12.6 Å². The molecule has 1 aromatic rings. The average molecular weight is 180 g/mol. The van der Waals surface area contributed by atoms with E-state index in [1.54, 1.807) is 18.2 Å². The molecule has 0 aromatic heterocycles. The van der Waals surface area contributed by atoms with Crippen molar-refractivity contribution < 1.29 is 14.6 Å². The molecule has 0 amide bonds. The summed E-state index contributed by atoms with van der Waals surface area (Å²) in [5.74, 6) is -0.380. The Morgan fingerprint density at radius 1 is 1.54 bits per heavy atom. The van der Waals surface area contributed by atoms with Gasteiger partial charge in [-0.25, -0.2) is 4.79 Å². The Hall–Kier alpha value is -1.35. The molecule has 13 heavy (non-hydrogen) atoms. The summed E-state index contributed by atoms with van der Waals surface area (Å²) in [6, 6.07) is 5.11. The summed E-state index contributed by atoms with van der Waals surface area (Å²) in [6.07, 6.45) is 0. The van der Waals surface area contributed by atoms with E-state index in [2.05, 4.69) is 4.74 Å². The third-order valence-corrected chi connectivity index (χ3v) is 1.94. The van der Waals surface area contributed by atoms with Crippen LogP contribution in [0.2, 0.25) is 0 Å². The van der Waals surface area contributed by atoms with E-state index in [1.807, 2.05) is 6.92 Å². The first-order valence-electron chi connectivity index (χ1n) is 3.97. The lowest BCUT2D eigenvalue weighted by atomic mass is 10.1. The number of hydrogen-bond donors (Lipinski definition) is 1. The number of methoxy groups -OCH3 is 1. The van der Waals surface area contributed by atoms with Crippen LogP contribution in [0.5, 0.6) is 0 Å². The lowest BCUT2D eigenvalue weighted by molar-refractivity contribution is 0.0600. The Bertz CT molecular complexity index is 318. The lowest BCUT2D eigenvalue weighted by Crippen LogP contribution is -2.02. The highest BCUT2D eigenvalue weighted by atomic mass is 16.5. The topological polar surface area (TPSA) is 46.5 Å². The van der Waals surface area contributed by atoms with Crippen LogP contribution in [-0.4, -0.2) is 18.2 Å². The molecule has 70 valence electrons. The van der Waals surface area contributed by atoms with Crippen LogP contribution in [-0.2, 0) is 11.3 Å². The molecule has 0 radical (unpaired) electrons. The van der Waals surface area contributed by atoms with E-state index in [0.717, 1.165) is 11.1 Å². The van der Waals surface area contributed by atoms with Gasteiger partial charge in [-0.2, -0.15) is 0 Å². The minimum atomic E-state index is -0.380. The van der Waals surface area contributed by atoms with Gasteiger partial charge in [-0.15, -0.1) is 0 Å². The fourth-order valence-corrected chi connectivity index (χ4v) is 1.09. The molecule has 0 fully saturated rings. The summed E-state index contributed by atoms with van der Waals surface area (Å²) in [6.45, 7) is 1.82. The van der Waals surface area contributed by atoms with Gasteiger partial charge >= 0.3 is 5.97 Å². The van der Waals surface area contributed by atoms with E-state index in [9.17, 15) is 4.79 Å². The molecule has 3 heteroatoms. The number of rotatable bonds is 2. The number of aliphatic hydroxyl groups is 1. The SMILES string of the molecule is COC(=O)c1ccc(C)c(CO)c1.